The number of rotatable bonds is 6. The zero-order valence-corrected chi connectivity index (χ0v) is 17.8. The van der Waals surface area contributed by atoms with Gasteiger partial charge in [-0.25, -0.2) is 9.78 Å². The number of carbonyl (C=O) groups is 1. The Hall–Kier alpha value is -1.61. The summed E-state index contributed by atoms with van der Waals surface area (Å²) in [5.41, 5.74) is 0.543. The fourth-order valence-corrected chi connectivity index (χ4v) is 3.19. The van der Waals surface area contributed by atoms with Gasteiger partial charge in [-0.1, -0.05) is 64.5 Å². The summed E-state index contributed by atoms with van der Waals surface area (Å²) >= 11 is 8.19. The smallest absolute Gasteiger partial charge is 0.407 e. The minimum absolute atomic E-state index is 0.0287. The summed E-state index contributed by atoms with van der Waals surface area (Å²) in [7, 11) is 0. The van der Waals surface area contributed by atoms with Crippen molar-refractivity contribution in [3.63, 3.8) is 0 Å². The Morgan fingerprint density at radius 2 is 1.96 bits per heavy atom. The van der Waals surface area contributed by atoms with Gasteiger partial charge in [-0.3, -0.25) is 4.98 Å². The molecule has 6 nitrogen and oxygen atoms in total. The lowest BCUT2D eigenvalue weighted by Gasteiger charge is -2.27. The predicted molar refractivity (Wildman–Crippen MR) is 112 cm³/mol. The number of alkyl halides is 1. The summed E-state index contributed by atoms with van der Waals surface area (Å²) < 4.78 is 5.42. The highest BCUT2D eigenvalue weighted by Crippen LogP contribution is 2.27. The quantitative estimate of drug-likeness (QED) is 0.459. The summed E-state index contributed by atoms with van der Waals surface area (Å²) in [4.78, 5) is 20.4. The van der Waals surface area contributed by atoms with Crippen molar-refractivity contribution in [3.8, 4) is 0 Å². The molecule has 2 N–H and O–H groups in total. The molecule has 26 heavy (non-hydrogen) atoms. The zero-order chi connectivity index (χ0) is 19.2. The fraction of sp³-hybridized carbons (Fsp3) is 0.389. The SMILES string of the molecule is CC(C)(C)OC(=O)N[C@@H](CNc1cncc(Cl)n1)C(I)c1ccccc1. The molecule has 1 amide bonds. The molecule has 2 atom stereocenters. The second kappa shape index (κ2) is 9.36. The van der Waals surface area contributed by atoms with Crippen LogP contribution in [0.25, 0.3) is 0 Å². The molecule has 0 aliphatic heterocycles. The van der Waals surface area contributed by atoms with E-state index in [1.54, 1.807) is 6.20 Å². The minimum Gasteiger partial charge on any atom is -0.444 e. The van der Waals surface area contributed by atoms with Crippen LogP contribution >= 0.6 is 34.2 Å². The van der Waals surface area contributed by atoms with E-state index in [4.69, 9.17) is 16.3 Å². The maximum absolute atomic E-state index is 12.3. The van der Waals surface area contributed by atoms with Gasteiger partial charge in [-0.05, 0) is 26.3 Å². The van der Waals surface area contributed by atoms with Crippen LogP contribution in [-0.4, -0.2) is 34.2 Å². The Morgan fingerprint density at radius 3 is 2.58 bits per heavy atom. The van der Waals surface area contributed by atoms with Gasteiger partial charge < -0.3 is 15.4 Å². The standard InChI is InChI=1S/C18H22ClIN4O2/c1-18(2,3)26-17(25)23-13(16(20)12-7-5-4-6-8-12)9-22-15-11-21-10-14(19)24-15/h4-8,10-11,13,16H,9H2,1-3H3,(H,22,24)(H,23,25)/t13-,16?/m0/s1. The van der Waals surface area contributed by atoms with Gasteiger partial charge in [-0.15, -0.1) is 0 Å². The topological polar surface area (TPSA) is 76.1 Å². The maximum atomic E-state index is 12.3. The normalized spacial score (nSPS) is 13.6. The van der Waals surface area contributed by atoms with E-state index in [-0.39, 0.29) is 9.97 Å². The number of anilines is 1. The van der Waals surface area contributed by atoms with Gasteiger partial charge in [0.05, 0.1) is 22.4 Å². The number of hydrogen-bond acceptors (Lipinski definition) is 5. The number of aromatic nitrogens is 2. The van der Waals surface area contributed by atoms with E-state index < -0.39 is 11.7 Å². The van der Waals surface area contributed by atoms with Crippen LogP contribution in [0.5, 0.6) is 0 Å². The van der Waals surface area contributed by atoms with E-state index in [0.29, 0.717) is 17.5 Å². The lowest BCUT2D eigenvalue weighted by molar-refractivity contribution is 0.0507. The van der Waals surface area contributed by atoms with Crippen molar-refractivity contribution in [2.45, 2.75) is 36.3 Å². The molecule has 140 valence electrons. The van der Waals surface area contributed by atoms with E-state index in [1.165, 1.54) is 6.20 Å². The van der Waals surface area contributed by atoms with Crippen LogP contribution in [0.15, 0.2) is 42.7 Å². The summed E-state index contributed by atoms with van der Waals surface area (Å²) in [5, 5.41) is 6.42. The largest absolute Gasteiger partial charge is 0.444 e. The summed E-state index contributed by atoms with van der Waals surface area (Å²) in [5.74, 6) is 0.546. The lowest BCUT2D eigenvalue weighted by Crippen LogP contribution is -2.44. The monoisotopic (exact) mass is 488 g/mol. The molecule has 0 aliphatic rings. The van der Waals surface area contributed by atoms with Crippen LogP contribution in [0, 0.1) is 0 Å². The molecule has 0 radical (unpaired) electrons. The van der Waals surface area contributed by atoms with Crippen molar-refractivity contribution in [1.82, 2.24) is 15.3 Å². The molecule has 2 aromatic rings. The fourth-order valence-electron chi connectivity index (χ4n) is 2.20. The molecule has 1 aromatic heterocycles. The first-order valence-corrected chi connectivity index (χ1v) is 9.77. The van der Waals surface area contributed by atoms with Crippen LogP contribution in [0.1, 0.15) is 30.3 Å². The number of alkyl carbamates (subject to hydrolysis) is 1. The number of hydrogen-bond donors (Lipinski definition) is 2. The molecular formula is C18H22ClIN4O2. The number of amides is 1. The van der Waals surface area contributed by atoms with Crippen molar-refractivity contribution >= 4 is 46.1 Å². The third kappa shape index (κ3) is 6.95. The molecule has 1 aromatic carbocycles. The van der Waals surface area contributed by atoms with Crippen LogP contribution in [0.4, 0.5) is 10.6 Å². The number of carbonyl (C=O) groups excluding carboxylic acids is 1. The Morgan fingerprint density at radius 1 is 1.27 bits per heavy atom. The van der Waals surface area contributed by atoms with Gasteiger partial charge in [0.25, 0.3) is 0 Å². The molecule has 0 saturated carbocycles. The van der Waals surface area contributed by atoms with Gasteiger partial charge in [-0.2, -0.15) is 0 Å². The van der Waals surface area contributed by atoms with Crippen molar-refractivity contribution in [2.75, 3.05) is 11.9 Å². The molecular weight excluding hydrogens is 467 g/mol. The predicted octanol–water partition coefficient (Wildman–Crippen LogP) is 4.61. The van der Waals surface area contributed by atoms with E-state index >= 15 is 0 Å². The second-order valence-electron chi connectivity index (χ2n) is 6.67. The molecule has 0 bridgehead atoms. The first-order chi connectivity index (χ1) is 12.2. The van der Waals surface area contributed by atoms with Crippen molar-refractivity contribution in [3.05, 3.63) is 53.4 Å². The Bertz CT molecular complexity index is 725. The Labute approximate surface area is 172 Å². The van der Waals surface area contributed by atoms with Gasteiger partial charge in [0.1, 0.15) is 16.6 Å². The van der Waals surface area contributed by atoms with Crippen LogP contribution in [0.2, 0.25) is 5.15 Å². The third-order valence-electron chi connectivity index (χ3n) is 3.28. The van der Waals surface area contributed by atoms with Crippen molar-refractivity contribution < 1.29 is 9.53 Å². The summed E-state index contributed by atoms with van der Waals surface area (Å²) in [6, 6.07) is 9.74. The maximum Gasteiger partial charge on any atom is 0.407 e. The molecule has 1 heterocycles. The van der Waals surface area contributed by atoms with Gasteiger partial charge >= 0.3 is 6.09 Å². The van der Waals surface area contributed by atoms with Gasteiger partial charge in [0.2, 0.25) is 0 Å². The number of halogens is 2. The van der Waals surface area contributed by atoms with Crippen LogP contribution in [0.3, 0.4) is 0 Å². The summed E-state index contributed by atoms with van der Waals surface area (Å²) in [6.45, 7) is 5.94. The van der Waals surface area contributed by atoms with E-state index in [1.807, 2.05) is 51.1 Å². The number of benzene rings is 1. The molecule has 1 unspecified atom stereocenters. The second-order valence-corrected chi connectivity index (χ2v) is 8.40. The lowest BCUT2D eigenvalue weighted by atomic mass is 10.1. The Balaban J connectivity index is 2.11. The van der Waals surface area contributed by atoms with E-state index in [9.17, 15) is 4.79 Å². The average Bonchev–Trinajstić information content (AvgIpc) is 2.57. The molecule has 2 rings (SSSR count). The molecule has 0 fully saturated rings. The molecule has 8 heteroatoms. The van der Waals surface area contributed by atoms with E-state index in [2.05, 4.69) is 43.2 Å². The zero-order valence-electron chi connectivity index (χ0n) is 14.9. The highest BCUT2D eigenvalue weighted by molar-refractivity contribution is 14.1. The van der Waals surface area contributed by atoms with E-state index in [0.717, 1.165) is 5.56 Å². The average molecular weight is 489 g/mol. The first kappa shape index (κ1) is 20.7. The number of nitrogens with one attached hydrogen (secondary N) is 2. The highest BCUT2D eigenvalue weighted by atomic mass is 127. The van der Waals surface area contributed by atoms with Gasteiger partial charge in [0, 0.05) is 6.54 Å². The molecule has 0 aliphatic carbocycles. The number of nitrogens with zero attached hydrogens (tertiary/aromatic N) is 2. The molecule has 0 spiro atoms. The van der Waals surface area contributed by atoms with Crippen molar-refractivity contribution in [1.29, 1.82) is 0 Å². The minimum atomic E-state index is -0.561. The van der Waals surface area contributed by atoms with Gasteiger partial charge in [0.15, 0.2) is 0 Å². The number of ether oxygens (including phenoxy) is 1. The molecule has 0 saturated heterocycles. The first-order valence-electron chi connectivity index (χ1n) is 8.14. The Kier molecular flexibility index (Phi) is 7.45. The van der Waals surface area contributed by atoms with Crippen LogP contribution in [-0.2, 0) is 4.74 Å². The third-order valence-corrected chi connectivity index (χ3v) is 5.05. The van der Waals surface area contributed by atoms with Crippen LogP contribution < -0.4 is 10.6 Å². The summed E-state index contributed by atoms with van der Waals surface area (Å²) in [6.07, 6.45) is 2.59. The highest BCUT2D eigenvalue weighted by Gasteiger charge is 2.25. The van der Waals surface area contributed by atoms with Crippen molar-refractivity contribution in [2.24, 2.45) is 0 Å².